The lowest BCUT2D eigenvalue weighted by molar-refractivity contribution is 0.0772. The van der Waals surface area contributed by atoms with E-state index in [1.54, 1.807) is 36.0 Å². The van der Waals surface area contributed by atoms with Gasteiger partial charge in [0.25, 0.3) is 0 Å². The molecule has 1 aliphatic heterocycles. The molecular weight excluding hydrogens is 475 g/mol. The van der Waals surface area contributed by atoms with Crippen LogP contribution < -0.4 is 5.73 Å². The average Bonchev–Trinajstić information content (AvgIpc) is 3.59. The zero-order chi connectivity index (χ0) is 25.8. The first-order valence-electron chi connectivity index (χ1n) is 11.9. The lowest BCUT2D eigenvalue weighted by Crippen LogP contribution is -2.10. The molecule has 188 valence electrons. The number of halogens is 1. The molecule has 1 saturated heterocycles. The number of nitrogens with two attached hydrogens (primary N) is 1. The third-order valence-electron chi connectivity index (χ3n) is 6.17. The monoisotopic (exact) mass is 500 g/mol. The van der Waals surface area contributed by atoms with Crippen molar-refractivity contribution in [1.82, 2.24) is 29.9 Å². The lowest BCUT2D eigenvalue weighted by Gasteiger charge is -2.09. The molecule has 0 spiro atoms. The van der Waals surface area contributed by atoms with Crippen molar-refractivity contribution in [2.75, 3.05) is 25.6 Å². The zero-order valence-corrected chi connectivity index (χ0v) is 20.3. The van der Waals surface area contributed by atoms with Crippen molar-refractivity contribution in [3.8, 4) is 28.8 Å². The molecule has 1 unspecified atom stereocenters. The van der Waals surface area contributed by atoms with Crippen molar-refractivity contribution >= 4 is 5.82 Å². The molecule has 4 aromatic rings. The lowest BCUT2D eigenvalue weighted by atomic mass is 10.0. The fourth-order valence-corrected chi connectivity index (χ4v) is 4.15. The van der Waals surface area contributed by atoms with E-state index >= 15 is 0 Å². The van der Waals surface area contributed by atoms with Crippen LogP contribution in [0.4, 0.5) is 10.2 Å². The Morgan fingerprint density at radius 3 is 2.84 bits per heavy atom. The first-order chi connectivity index (χ1) is 18.0. The number of pyridine rings is 1. The fourth-order valence-electron chi connectivity index (χ4n) is 4.15. The standard InChI is InChI=1S/C26H25FN8O2/c1-16-18(10-28)4-2-7-21(16)26-31-24(23(27)25(29)32-26)22-12-35(34-33-22)11-19-5-3-6-20(30-19)15-37-14-17-8-9-36-13-17/h2-7,12,17H,8-9,11,13-15H2,1H3,(H2,29,31,32). The van der Waals surface area contributed by atoms with Gasteiger partial charge in [0.15, 0.2) is 17.5 Å². The number of nitriles is 1. The molecule has 2 N–H and O–H groups in total. The van der Waals surface area contributed by atoms with Gasteiger partial charge < -0.3 is 15.2 Å². The Labute approximate surface area is 212 Å². The molecule has 4 heterocycles. The Balaban J connectivity index is 1.33. The molecule has 37 heavy (non-hydrogen) atoms. The molecule has 0 saturated carbocycles. The highest BCUT2D eigenvalue weighted by Crippen LogP contribution is 2.28. The maximum Gasteiger partial charge on any atom is 0.193 e. The number of ether oxygens (including phenoxy) is 2. The van der Waals surface area contributed by atoms with Crippen LogP contribution in [0.1, 0.15) is 28.9 Å². The number of hydrogen-bond donors (Lipinski definition) is 1. The van der Waals surface area contributed by atoms with Crippen molar-refractivity contribution < 1.29 is 13.9 Å². The minimum Gasteiger partial charge on any atom is -0.381 e. The van der Waals surface area contributed by atoms with Crippen LogP contribution in [-0.2, 0) is 22.6 Å². The topological polar surface area (TPSA) is 138 Å². The van der Waals surface area contributed by atoms with Gasteiger partial charge in [0.1, 0.15) is 11.4 Å². The van der Waals surface area contributed by atoms with Gasteiger partial charge >= 0.3 is 0 Å². The van der Waals surface area contributed by atoms with Crippen LogP contribution in [-0.4, -0.2) is 49.8 Å². The van der Waals surface area contributed by atoms with Gasteiger partial charge in [-0.05, 0) is 37.1 Å². The summed E-state index contributed by atoms with van der Waals surface area (Å²) in [5, 5.41) is 17.6. The summed E-state index contributed by atoms with van der Waals surface area (Å²) in [5.41, 5.74) is 9.32. The zero-order valence-electron chi connectivity index (χ0n) is 20.3. The van der Waals surface area contributed by atoms with E-state index in [0.717, 1.165) is 31.0 Å². The number of nitrogens with zero attached hydrogens (tertiary/aromatic N) is 7. The Morgan fingerprint density at radius 2 is 2.03 bits per heavy atom. The van der Waals surface area contributed by atoms with E-state index in [9.17, 15) is 9.65 Å². The van der Waals surface area contributed by atoms with Gasteiger partial charge in [-0.1, -0.05) is 23.4 Å². The summed E-state index contributed by atoms with van der Waals surface area (Å²) >= 11 is 0. The summed E-state index contributed by atoms with van der Waals surface area (Å²) in [7, 11) is 0. The van der Waals surface area contributed by atoms with Crippen molar-refractivity contribution in [2.45, 2.75) is 26.5 Å². The predicted octanol–water partition coefficient (Wildman–Crippen LogP) is 3.30. The first-order valence-corrected chi connectivity index (χ1v) is 11.9. The first kappa shape index (κ1) is 24.4. The maximum atomic E-state index is 14.9. The highest BCUT2D eigenvalue weighted by atomic mass is 19.1. The quantitative estimate of drug-likeness (QED) is 0.386. The highest BCUT2D eigenvalue weighted by Gasteiger charge is 2.20. The van der Waals surface area contributed by atoms with Gasteiger partial charge in [-0.3, -0.25) is 4.98 Å². The van der Waals surface area contributed by atoms with Crippen LogP contribution in [0.2, 0.25) is 0 Å². The van der Waals surface area contributed by atoms with E-state index in [2.05, 4.69) is 31.3 Å². The van der Waals surface area contributed by atoms with Crippen LogP contribution in [0.25, 0.3) is 22.8 Å². The molecule has 10 nitrogen and oxygen atoms in total. The number of benzene rings is 1. The molecule has 1 fully saturated rings. The van der Waals surface area contributed by atoms with Gasteiger partial charge in [0.05, 0.1) is 55.6 Å². The minimum atomic E-state index is -0.783. The molecule has 0 aliphatic carbocycles. The third kappa shape index (κ3) is 5.45. The summed E-state index contributed by atoms with van der Waals surface area (Å²) < 4.78 is 27.7. The van der Waals surface area contributed by atoms with Crippen molar-refractivity contribution in [2.24, 2.45) is 5.92 Å². The van der Waals surface area contributed by atoms with E-state index in [1.165, 1.54) is 0 Å². The van der Waals surface area contributed by atoms with Gasteiger partial charge in [-0.25, -0.2) is 19.0 Å². The second-order valence-electron chi connectivity index (χ2n) is 8.85. The maximum absolute atomic E-state index is 14.9. The van der Waals surface area contributed by atoms with Gasteiger partial charge in [0.2, 0.25) is 0 Å². The minimum absolute atomic E-state index is 0.0680. The molecule has 11 heteroatoms. The summed E-state index contributed by atoms with van der Waals surface area (Å²) in [6.45, 7) is 4.70. The van der Waals surface area contributed by atoms with E-state index < -0.39 is 5.82 Å². The van der Waals surface area contributed by atoms with Gasteiger partial charge in [-0.15, -0.1) is 5.10 Å². The fraction of sp³-hybridized carbons (Fsp3) is 0.308. The van der Waals surface area contributed by atoms with E-state index in [4.69, 9.17) is 15.2 Å². The van der Waals surface area contributed by atoms with E-state index in [0.29, 0.717) is 42.4 Å². The Hall–Kier alpha value is -4.27. The average molecular weight is 501 g/mol. The molecule has 0 bridgehead atoms. The number of nitrogen functional groups attached to an aromatic ring is 1. The number of anilines is 1. The van der Waals surface area contributed by atoms with Gasteiger partial charge in [0, 0.05) is 18.1 Å². The van der Waals surface area contributed by atoms with Crippen LogP contribution in [0.15, 0.2) is 42.6 Å². The van der Waals surface area contributed by atoms with Crippen LogP contribution in [0.3, 0.4) is 0 Å². The van der Waals surface area contributed by atoms with Crippen LogP contribution >= 0.6 is 0 Å². The van der Waals surface area contributed by atoms with Crippen molar-refractivity contribution in [3.63, 3.8) is 0 Å². The summed E-state index contributed by atoms with van der Waals surface area (Å²) in [6, 6.07) is 13.0. The van der Waals surface area contributed by atoms with Crippen molar-refractivity contribution in [3.05, 3.63) is 70.9 Å². The van der Waals surface area contributed by atoms with E-state index in [1.807, 2.05) is 18.2 Å². The van der Waals surface area contributed by atoms with Crippen LogP contribution in [0.5, 0.6) is 0 Å². The molecule has 1 aliphatic rings. The number of rotatable bonds is 8. The molecule has 5 rings (SSSR count). The Morgan fingerprint density at radius 1 is 1.19 bits per heavy atom. The highest BCUT2D eigenvalue weighted by molar-refractivity contribution is 5.69. The largest absolute Gasteiger partial charge is 0.381 e. The molecule has 1 aromatic carbocycles. The second-order valence-corrected chi connectivity index (χ2v) is 8.85. The molecular formula is C26H25FN8O2. The molecule has 0 radical (unpaired) electrons. The number of aromatic nitrogens is 6. The smallest absolute Gasteiger partial charge is 0.193 e. The Bertz CT molecular complexity index is 1460. The summed E-state index contributed by atoms with van der Waals surface area (Å²) in [4.78, 5) is 13.1. The predicted molar refractivity (Wildman–Crippen MR) is 132 cm³/mol. The molecule has 3 aromatic heterocycles. The summed E-state index contributed by atoms with van der Waals surface area (Å²) in [6.07, 6.45) is 2.60. The Kier molecular flexibility index (Phi) is 7.11. The summed E-state index contributed by atoms with van der Waals surface area (Å²) in [5.74, 6) is -0.450. The van der Waals surface area contributed by atoms with Crippen molar-refractivity contribution in [1.29, 1.82) is 5.26 Å². The molecule has 1 atom stereocenters. The van der Waals surface area contributed by atoms with E-state index in [-0.39, 0.29) is 23.0 Å². The molecule has 0 amide bonds. The SMILES string of the molecule is Cc1c(C#N)cccc1-c1nc(N)c(F)c(-c2cn(Cc3cccc(COCC4CCOC4)n3)nn2)n1. The number of hydrogen-bond acceptors (Lipinski definition) is 9. The van der Waals surface area contributed by atoms with Crippen LogP contribution in [0, 0.1) is 30.0 Å². The third-order valence-corrected chi connectivity index (χ3v) is 6.17. The van der Waals surface area contributed by atoms with Gasteiger partial charge in [-0.2, -0.15) is 5.26 Å². The second kappa shape index (κ2) is 10.8. The normalized spacial score (nSPS) is 15.1.